The first kappa shape index (κ1) is 12.8. The largest absolute Gasteiger partial charge is 0.494 e. The van der Waals surface area contributed by atoms with Gasteiger partial charge in [-0.3, -0.25) is 0 Å². The predicted molar refractivity (Wildman–Crippen MR) is 64.4 cm³/mol. The fraction of sp³-hybridized carbons (Fsp3) is 0.455. The molecule has 0 aromatic heterocycles. The lowest BCUT2D eigenvalue weighted by atomic mass is 10.3. The lowest BCUT2D eigenvalue weighted by molar-refractivity contribution is 0.339. The van der Waals surface area contributed by atoms with Crippen LogP contribution in [-0.2, 0) is 9.84 Å². The lowest BCUT2D eigenvalue weighted by Gasteiger charge is -2.09. The minimum absolute atomic E-state index is 0.104. The molecule has 1 aromatic carbocycles. The van der Waals surface area contributed by atoms with Crippen LogP contribution >= 0.6 is 0 Å². The lowest BCUT2D eigenvalue weighted by Crippen LogP contribution is -2.09. The van der Waals surface area contributed by atoms with E-state index in [-0.39, 0.29) is 16.3 Å². The molecule has 0 saturated heterocycles. The number of nitrogens with two attached hydrogens (primary N) is 1. The summed E-state index contributed by atoms with van der Waals surface area (Å²) >= 11 is 0. The number of ether oxygens (including phenoxy) is 1. The summed E-state index contributed by atoms with van der Waals surface area (Å²) < 4.78 is 29.0. The number of hydrogen-bond acceptors (Lipinski definition) is 4. The summed E-state index contributed by atoms with van der Waals surface area (Å²) in [4.78, 5) is 0.167. The fourth-order valence-electron chi connectivity index (χ4n) is 1.42. The van der Waals surface area contributed by atoms with E-state index < -0.39 is 9.84 Å². The van der Waals surface area contributed by atoms with Crippen LogP contribution in [0, 0.1) is 0 Å². The van der Waals surface area contributed by atoms with E-state index in [0.29, 0.717) is 18.8 Å². The summed E-state index contributed by atoms with van der Waals surface area (Å²) in [6, 6.07) is 4.72. The van der Waals surface area contributed by atoms with Gasteiger partial charge in [-0.05, 0) is 25.5 Å². The summed E-state index contributed by atoms with van der Waals surface area (Å²) in [6.45, 7) is 4.16. The molecule has 0 amide bonds. The Balaban J connectivity index is 3.16. The van der Waals surface area contributed by atoms with Gasteiger partial charge in [-0.2, -0.15) is 0 Å². The molecule has 0 aliphatic carbocycles. The van der Waals surface area contributed by atoms with Gasteiger partial charge < -0.3 is 10.5 Å². The quantitative estimate of drug-likeness (QED) is 0.801. The van der Waals surface area contributed by atoms with Crippen molar-refractivity contribution in [3.05, 3.63) is 18.2 Å². The van der Waals surface area contributed by atoms with Gasteiger partial charge in [-0.1, -0.05) is 6.92 Å². The highest BCUT2D eigenvalue weighted by atomic mass is 32.2. The number of sulfone groups is 1. The molecule has 0 aliphatic rings. The Morgan fingerprint density at radius 2 is 2.00 bits per heavy atom. The molecule has 0 spiro atoms. The monoisotopic (exact) mass is 243 g/mol. The first-order chi connectivity index (χ1) is 7.51. The molecule has 0 bridgehead atoms. The third-order valence-electron chi connectivity index (χ3n) is 2.10. The van der Waals surface area contributed by atoms with E-state index in [1.807, 2.05) is 13.8 Å². The van der Waals surface area contributed by atoms with Gasteiger partial charge in [-0.25, -0.2) is 8.42 Å². The molecule has 1 rings (SSSR count). The number of rotatable bonds is 5. The maximum absolute atomic E-state index is 11.9. The van der Waals surface area contributed by atoms with Crippen molar-refractivity contribution in [1.82, 2.24) is 0 Å². The highest BCUT2D eigenvalue weighted by molar-refractivity contribution is 7.91. The molecule has 16 heavy (non-hydrogen) atoms. The molecule has 1 aromatic rings. The van der Waals surface area contributed by atoms with E-state index >= 15 is 0 Å². The van der Waals surface area contributed by atoms with Crippen molar-refractivity contribution in [1.29, 1.82) is 0 Å². The molecule has 5 heteroatoms. The molecular formula is C11H17NO3S. The predicted octanol–water partition coefficient (Wildman–Crippen LogP) is 1.85. The first-order valence-electron chi connectivity index (χ1n) is 5.26. The second-order valence-corrected chi connectivity index (χ2v) is 5.53. The molecule has 0 atom stereocenters. The number of anilines is 1. The zero-order valence-corrected chi connectivity index (χ0v) is 10.4. The van der Waals surface area contributed by atoms with Crippen molar-refractivity contribution in [3.63, 3.8) is 0 Å². The molecule has 0 aliphatic heterocycles. The van der Waals surface area contributed by atoms with Gasteiger partial charge in [0.15, 0.2) is 9.84 Å². The highest BCUT2D eigenvalue weighted by Crippen LogP contribution is 2.25. The summed E-state index contributed by atoms with van der Waals surface area (Å²) in [5, 5.41) is 0. The molecule has 0 heterocycles. The molecule has 90 valence electrons. The van der Waals surface area contributed by atoms with Gasteiger partial charge in [0.05, 0.1) is 22.9 Å². The van der Waals surface area contributed by atoms with Crippen LogP contribution in [0.2, 0.25) is 0 Å². The van der Waals surface area contributed by atoms with Crippen LogP contribution < -0.4 is 10.5 Å². The topological polar surface area (TPSA) is 69.4 Å². The number of benzene rings is 1. The highest BCUT2D eigenvalue weighted by Gasteiger charge is 2.17. The minimum Gasteiger partial charge on any atom is -0.494 e. The molecule has 0 radical (unpaired) electrons. The first-order valence-corrected chi connectivity index (χ1v) is 6.91. The average molecular weight is 243 g/mol. The van der Waals surface area contributed by atoms with Crippen LogP contribution in [0.4, 0.5) is 5.69 Å². The third-order valence-corrected chi connectivity index (χ3v) is 4.07. The molecule has 0 unspecified atom stereocenters. The second-order valence-electron chi connectivity index (χ2n) is 3.45. The van der Waals surface area contributed by atoms with Gasteiger partial charge in [-0.15, -0.1) is 0 Å². The molecule has 0 saturated carbocycles. The summed E-state index contributed by atoms with van der Waals surface area (Å²) in [6.07, 6.45) is 0.570. The van der Waals surface area contributed by atoms with Gasteiger partial charge in [0.25, 0.3) is 0 Å². The number of nitrogen functional groups attached to an aromatic ring is 1. The normalized spacial score (nSPS) is 11.4. The van der Waals surface area contributed by atoms with Gasteiger partial charge >= 0.3 is 0 Å². The summed E-state index contributed by atoms with van der Waals surface area (Å²) in [5.74, 6) is 0.638. The molecular weight excluding hydrogens is 226 g/mol. The van der Waals surface area contributed by atoms with Crippen LogP contribution in [0.1, 0.15) is 20.3 Å². The molecule has 4 nitrogen and oxygen atoms in total. The van der Waals surface area contributed by atoms with Crippen molar-refractivity contribution in [2.75, 3.05) is 18.1 Å². The van der Waals surface area contributed by atoms with E-state index in [1.54, 1.807) is 12.1 Å². The SMILES string of the molecule is CCCS(=O)(=O)c1cc(OCC)ccc1N. The number of hydrogen-bond donors (Lipinski definition) is 1. The Kier molecular flexibility index (Phi) is 4.18. The second kappa shape index (κ2) is 5.21. The van der Waals surface area contributed by atoms with Gasteiger partial charge in [0.2, 0.25) is 0 Å². The van der Waals surface area contributed by atoms with Gasteiger partial charge in [0, 0.05) is 6.07 Å². The third kappa shape index (κ3) is 2.88. The van der Waals surface area contributed by atoms with Crippen molar-refractivity contribution in [3.8, 4) is 5.75 Å². The van der Waals surface area contributed by atoms with Crippen LogP contribution in [-0.4, -0.2) is 20.8 Å². The Bertz CT molecular complexity index is 454. The van der Waals surface area contributed by atoms with Crippen molar-refractivity contribution < 1.29 is 13.2 Å². The maximum Gasteiger partial charge on any atom is 0.180 e. The Morgan fingerprint density at radius 1 is 1.31 bits per heavy atom. The molecule has 0 fully saturated rings. The maximum atomic E-state index is 11.9. The van der Waals surface area contributed by atoms with Crippen molar-refractivity contribution in [2.45, 2.75) is 25.2 Å². The van der Waals surface area contributed by atoms with Crippen molar-refractivity contribution >= 4 is 15.5 Å². The fourth-order valence-corrected chi connectivity index (χ4v) is 2.90. The van der Waals surface area contributed by atoms with E-state index in [2.05, 4.69) is 0 Å². The zero-order valence-electron chi connectivity index (χ0n) is 9.56. The van der Waals surface area contributed by atoms with Crippen LogP contribution in [0.3, 0.4) is 0 Å². The summed E-state index contributed by atoms with van der Waals surface area (Å²) in [7, 11) is -3.29. The standard InChI is InChI=1S/C11H17NO3S/c1-3-7-16(13,14)11-8-9(15-4-2)5-6-10(11)12/h5-6,8H,3-4,7,12H2,1-2H3. The van der Waals surface area contributed by atoms with E-state index in [0.717, 1.165) is 0 Å². The van der Waals surface area contributed by atoms with E-state index in [1.165, 1.54) is 6.07 Å². The summed E-state index contributed by atoms with van der Waals surface area (Å²) in [5.41, 5.74) is 5.94. The molecule has 2 N–H and O–H groups in total. The van der Waals surface area contributed by atoms with Crippen LogP contribution in [0.25, 0.3) is 0 Å². The minimum atomic E-state index is -3.29. The van der Waals surface area contributed by atoms with Crippen LogP contribution in [0.15, 0.2) is 23.1 Å². The van der Waals surface area contributed by atoms with Crippen molar-refractivity contribution in [2.24, 2.45) is 0 Å². The van der Waals surface area contributed by atoms with E-state index in [4.69, 9.17) is 10.5 Å². The van der Waals surface area contributed by atoms with Gasteiger partial charge in [0.1, 0.15) is 5.75 Å². The Morgan fingerprint density at radius 3 is 2.56 bits per heavy atom. The Hall–Kier alpha value is -1.23. The smallest absolute Gasteiger partial charge is 0.180 e. The zero-order chi connectivity index (χ0) is 12.2. The Labute approximate surface area is 96.3 Å². The van der Waals surface area contributed by atoms with E-state index in [9.17, 15) is 8.42 Å². The van der Waals surface area contributed by atoms with Crippen LogP contribution in [0.5, 0.6) is 5.75 Å². The average Bonchev–Trinajstić information content (AvgIpc) is 2.21.